The van der Waals surface area contributed by atoms with E-state index in [2.05, 4.69) is 10.6 Å². The Bertz CT molecular complexity index is 530. The number of carboxylic acid groups (broad SMARTS) is 1. The number of anilines is 1. The van der Waals surface area contributed by atoms with Crippen molar-refractivity contribution in [2.75, 3.05) is 25.0 Å². The topological polar surface area (TPSA) is 87.7 Å². The van der Waals surface area contributed by atoms with Gasteiger partial charge in [0, 0.05) is 0 Å². The van der Waals surface area contributed by atoms with Crippen molar-refractivity contribution in [2.24, 2.45) is 0 Å². The molecule has 0 radical (unpaired) electrons. The van der Waals surface area contributed by atoms with Gasteiger partial charge in [0.05, 0.1) is 16.8 Å². The van der Waals surface area contributed by atoms with Gasteiger partial charge in [-0.05, 0) is 38.1 Å². The summed E-state index contributed by atoms with van der Waals surface area (Å²) in [5.41, 5.74) is 0.0586. The van der Waals surface area contributed by atoms with Crippen molar-refractivity contribution >= 4 is 29.2 Å². The van der Waals surface area contributed by atoms with Crippen LogP contribution in [0.25, 0.3) is 0 Å². The molecule has 1 amide bonds. The summed E-state index contributed by atoms with van der Waals surface area (Å²) >= 11 is 5.84. The summed E-state index contributed by atoms with van der Waals surface area (Å²) in [4.78, 5) is 23.0. The number of aromatic carboxylic acids is 1. The Kier molecular flexibility index (Phi) is 5.55. The third kappa shape index (κ3) is 4.42. The molecule has 3 N–H and O–H groups in total. The first-order valence-corrected chi connectivity index (χ1v) is 7.09. The summed E-state index contributed by atoms with van der Waals surface area (Å²) in [6.45, 7) is 1.66. The molecule has 1 heterocycles. The number of hydrogen-bond acceptors (Lipinski definition) is 4. The summed E-state index contributed by atoms with van der Waals surface area (Å²) in [6.07, 6.45) is 1.80. The van der Waals surface area contributed by atoms with Crippen molar-refractivity contribution in [1.29, 1.82) is 0 Å². The van der Waals surface area contributed by atoms with Crippen LogP contribution >= 0.6 is 11.6 Å². The van der Waals surface area contributed by atoms with Crippen molar-refractivity contribution in [1.82, 2.24) is 5.32 Å². The number of carboxylic acids is 1. The SMILES string of the molecule is O=C(COC1CCNCC1)Nc1cccc(Cl)c1C(=O)O. The molecule has 1 aliphatic heterocycles. The molecule has 1 aliphatic rings. The predicted octanol–water partition coefficient (Wildman–Crippen LogP) is 1.75. The Hall–Kier alpha value is -1.63. The number of nitrogens with one attached hydrogen (secondary N) is 2. The number of carbonyl (C=O) groups is 2. The van der Waals surface area contributed by atoms with E-state index in [-0.39, 0.29) is 29.0 Å². The van der Waals surface area contributed by atoms with Crippen molar-refractivity contribution in [3.63, 3.8) is 0 Å². The van der Waals surface area contributed by atoms with Gasteiger partial charge in [0.1, 0.15) is 12.2 Å². The largest absolute Gasteiger partial charge is 0.478 e. The summed E-state index contributed by atoms with van der Waals surface area (Å²) in [7, 11) is 0. The van der Waals surface area contributed by atoms with Crippen molar-refractivity contribution in [3.05, 3.63) is 28.8 Å². The average Bonchev–Trinajstić information content (AvgIpc) is 2.46. The fourth-order valence-electron chi connectivity index (χ4n) is 2.19. The molecule has 0 saturated carbocycles. The van der Waals surface area contributed by atoms with Gasteiger partial charge in [-0.3, -0.25) is 4.79 Å². The Morgan fingerprint density at radius 1 is 1.38 bits per heavy atom. The van der Waals surface area contributed by atoms with E-state index < -0.39 is 11.9 Å². The molecule has 0 aromatic heterocycles. The molecule has 1 aromatic rings. The second kappa shape index (κ2) is 7.40. The van der Waals surface area contributed by atoms with Gasteiger partial charge < -0.3 is 20.5 Å². The van der Waals surface area contributed by atoms with E-state index in [4.69, 9.17) is 21.4 Å². The Balaban J connectivity index is 1.93. The third-order valence-corrected chi connectivity index (χ3v) is 3.55. The van der Waals surface area contributed by atoms with Crippen LogP contribution in [0.4, 0.5) is 5.69 Å². The highest BCUT2D eigenvalue weighted by Gasteiger charge is 2.18. The van der Waals surface area contributed by atoms with Crippen LogP contribution in [0.1, 0.15) is 23.2 Å². The molecule has 6 nitrogen and oxygen atoms in total. The number of ether oxygens (including phenoxy) is 1. The summed E-state index contributed by atoms with van der Waals surface area (Å²) in [6, 6.07) is 4.54. The van der Waals surface area contributed by atoms with Crippen LogP contribution in [0.15, 0.2) is 18.2 Å². The molecule has 1 saturated heterocycles. The summed E-state index contributed by atoms with van der Waals surface area (Å²) < 4.78 is 5.52. The van der Waals surface area contributed by atoms with Gasteiger partial charge in [-0.25, -0.2) is 4.79 Å². The van der Waals surface area contributed by atoms with Gasteiger partial charge in [0.25, 0.3) is 0 Å². The maximum atomic E-state index is 11.9. The lowest BCUT2D eigenvalue weighted by molar-refractivity contribution is -0.123. The summed E-state index contributed by atoms with van der Waals surface area (Å²) in [5, 5.41) is 14.9. The van der Waals surface area contributed by atoms with E-state index in [9.17, 15) is 9.59 Å². The molecule has 0 bridgehead atoms. The zero-order valence-corrected chi connectivity index (χ0v) is 12.2. The van der Waals surface area contributed by atoms with Crippen molar-refractivity contribution in [2.45, 2.75) is 18.9 Å². The Morgan fingerprint density at radius 3 is 2.76 bits per heavy atom. The Labute approximate surface area is 127 Å². The van der Waals surface area contributed by atoms with E-state index in [1.807, 2.05) is 0 Å². The minimum Gasteiger partial charge on any atom is -0.478 e. The molecule has 0 unspecified atom stereocenters. The lowest BCUT2D eigenvalue weighted by atomic mass is 10.1. The van der Waals surface area contributed by atoms with E-state index >= 15 is 0 Å². The molecular weight excluding hydrogens is 296 g/mol. The molecule has 7 heteroatoms. The average molecular weight is 313 g/mol. The molecule has 0 atom stereocenters. The van der Waals surface area contributed by atoms with Crippen LogP contribution in [-0.4, -0.2) is 42.8 Å². The van der Waals surface area contributed by atoms with Gasteiger partial charge in [-0.15, -0.1) is 0 Å². The second-order valence-corrected chi connectivity index (χ2v) is 5.18. The van der Waals surface area contributed by atoms with Crippen LogP contribution in [0.5, 0.6) is 0 Å². The lowest BCUT2D eigenvalue weighted by Gasteiger charge is -2.22. The normalized spacial score (nSPS) is 15.7. The molecule has 0 spiro atoms. The highest BCUT2D eigenvalue weighted by Crippen LogP contribution is 2.24. The van der Waals surface area contributed by atoms with Crippen molar-refractivity contribution in [3.8, 4) is 0 Å². The monoisotopic (exact) mass is 312 g/mol. The zero-order chi connectivity index (χ0) is 15.2. The summed E-state index contributed by atoms with van der Waals surface area (Å²) in [5.74, 6) is -1.58. The van der Waals surface area contributed by atoms with Crippen LogP contribution in [0.2, 0.25) is 5.02 Å². The van der Waals surface area contributed by atoms with E-state index in [0.717, 1.165) is 25.9 Å². The minimum atomic E-state index is -1.19. The quantitative estimate of drug-likeness (QED) is 0.771. The van der Waals surface area contributed by atoms with Gasteiger partial charge in [0.2, 0.25) is 5.91 Å². The second-order valence-electron chi connectivity index (χ2n) is 4.78. The third-order valence-electron chi connectivity index (χ3n) is 3.24. The molecule has 114 valence electrons. The number of amides is 1. The van der Waals surface area contributed by atoms with E-state index in [0.29, 0.717) is 0 Å². The molecular formula is C14H17ClN2O4. The molecule has 0 aliphatic carbocycles. The fraction of sp³-hybridized carbons (Fsp3) is 0.429. The first kappa shape index (κ1) is 15.8. The van der Waals surface area contributed by atoms with Crippen LogP contribution in [-0.2, 0) is 9.53 Å². The highest BCUT2D eigenvalue weighted by molar-refractivity contribution is 6.34. The number of halogens is 1. The van der Waals surface area contributed by atoms with Crippen molar-refractivity contribution < 1.29 is 19.4 Å². The number of hydrogen-bond donors (Lipinski definition) is 3. The van der Waals surface area contributed by atoms with Gasteiger partial charge >= 0.3 is 5.97 Å². The Morgan fingerprint density at radius 2 is 2.10 bits per heavy atom. The van der Waals surface area contributed by atoms with Crippen LogP contribution in [0, 0.1) is 0 Å². The van der Waals surface area contributed by atoms with Gasteiger partial charge in [-0.2, -0.15) is 0 Å². The maximum Gasteiger partial charge on any atom is 0.339 e. The number of piperidine rings is 1. The fourth-order valence-corrected chi connectivity index (χ4v) is 2.44. The number of benzene rings is 1. The first-order chi connectivity index (χ1) is 10.1. The van der Waals surface area contributed by atoms with Crippen LogP contribution < -0.4 is 10.6 Å². The van der Waals surface area contributed by atoms with Gasteiger partial charge in [-0.1, -0.05) is 17.7 Å². The van der Waals surface area contributed by atoms with E-state index in [1.165, 1.54) is 12.1 Å². The van der Waals surface area contributed by atoms with E-state index in [1.54, 1.807) is 6.07 Å². The molecule has 1 aromatic carbocycles. The number of carbonyl (C=O) groups excluding carboxylic acids is 1. The van der Waals surface area contributed by atoms with Crippen LogP contribution in [0.3, 0.4) is 0 Å². The standard InChI is InChI=1S/C14H17ClN2O4/c15-10-2-1-3-11(13(10)14(19)20)17-12(18)8-21-9-4-6-16-7-5-9/h1-3,9,16H,4-8H2,(H,17,18)(H,19,20). The maximum absolute atomic E-state index is 11.9. The molecule has 1 fully saturated rings. The highest BCUT2D eigenvalue weighted by atomic mass is 35.5. The number of rotatable bonds is 5. The predicted molar refractivity (Wildman–Crippen MR) is 78.9 cm³/mol. The zero-order valence-electron chi connectivity index (χ0n) is 11.4. The van der Waals surface area contributed by atoms with Gasteiger partial charge in [0.15, 0.2) is 0 Å². The molecule has 21 heavy (non-hydrogen) atoms. The smallest absolute Gasteiger partial charge is 0.339 e. The first-order valence-electron chi connectivity index (χ1n) is 6.72. The minimum absolute atomic E-state index is 0.0651. The molecule has 2 rings (SSSR count). The lowest BCUT2D eigenvalue weighted by Crippen LogP contribution is -2.34.